The molecule has 1 N–H and O–H groups in total. The zero-order valence-electron chi connectivity index (χ0n) is 12.5. The molecular weight excluding hydrogens is 340 g/mol. The quantitative estimate of drug-likeness (QED) is 0.810. The molecule has 0 heterocycles. The van der Waals surface area contributed by atoms with Gasteiger partial charge < -0.3 is 5.32 Å². The summed E-state index contributed by atoms with van der Waals surface area (Å²) in [4.78, 5) is 0.340. The highest BCUT2D eigenvalue weighted by Gasteiger charge is 2.28. The fourth-order valence-corrected chi connectivity index (χ4v) is 4.77. The van der Waals surface area contributed by atoms with E-state index in [0.29, 0.717) is 22.5 Å². The Morgan fingerprint density at radius 3 is 2.50 bits per heavy atom. The molecule has 1 aromatic carbocycles. The lowest BCUT2D eigenvalue weighted by Gasteiger charge is -2.26. The van der Waals surface area contributed by atoms with Crippen molar-refractivity contribution in [2.45, 2.75) is 44.7 Å². The maximum absolute atomic E-state index is 12.8. The van der Waals surface area contributed by atoms with E-state index in [0.717, 1.165) is 12.0 Å². The first-order valence-electron chi connectivity index (χ1n) is 6.79. The van der Waals surface area contributed by atoms with E-state index < -0.39 is 10.0 Å². The van der Waals surface area contributed by atoms with Gasteiger partial charge in [0.2, 0.25) is 10.0 Å². The normalized spacial score (nSPS) is 12.3. The number of nitrogens with zero attached hydrogens (tertiary/aromatic N) is 1. The van der Waals surface area contributed by atoms with Crippen molar-refractivity contribution in [3.63, 3.8) is 0 Å². The third-order valence-corrected chi connectivity index (χ3v) is 6.05. The molecule has 1 rings (SSSR count). The lowest BCUT2D eigenvalue weighted by atomic mass is 10.2. The standard InChI is InChI=1S/C14H23BrN2O2S/c1-5-8-17(11(2)3)20(18,19)14-9-12(10-16-4)6-7-13(14)15/h6-7,9,11,16H,5,8,10H2,1-4H3. The number of benzene rings is 1. The van der Waals surface area contributed by atoms with E-state index >= 15 is 0 Å². The van der Waals surface area contributed by atoms with Gasteiger partial charge >= 0.3 is 0 Å². The molecule has 6 heteroatoms. The fraction of sp³-hybridized carbons (Fsp3) is 0.571. The molecule has 114 valence electrons. The molecule has 0 aliphatic carbocycles. The predicted molar refractivity (Wildman–Crippen MR) is 86.2 cm³/mol. The second kappa shape index (κ2) is 7.54. The van der Waals surface area contributed by atoms with Gasteiger partial charge in [-0.2, -0.15) is 4.31 Å². The summed E-state index contributed by atoms with van der Waals surface area (Å²) in [5, 5.41) is 3.04. The van der Waals surface area contributed by atoms with Gasteiger partial charge in [-0.3, -0.25) is 0 Å². The monoisotopic (exact) mass is 362 g/mol. The van der Waals surface area contributed by atoms with Gasteiger partial charge in [-0.1, -0.05) is 13.0 Å². The summed E-state index contributed by atoms with van der Waals surface area (Å²) in [7, 11) is -1.63. The van der Waals surface area contributed by atoms with E-state index in [1.54, 1.807) is 16.4 Å². The van der Waals surface area contributed by atoms with Gasteiger partial charge in [0, 0.05) is 23.6 Å². The minimum Gasteiger partial charge on any atom is -0.316 e. The average Bonchev–Trinajstić information content (AvgIpc) is 2.37. The summed E-state index contributed by atoms with van der Waals surface area (Å²) in [6, 6.07) is 5.39. The van der Waals surface area contributed by atoms with Gasteiger partial charge in [0.1, 0.15) is 0 Å². The van der Waals surface area contributed by atoms with Crippen molar-refractivity contribution in [3.8, 4) is 0 Å². The van der Waals surface area contributed by atoms with E-state index in [1.165, 1.54) is 0 Å². The van der Waals surface area contributed by atoms with Gasteiger partial charge in [-0.25, -0.2) is 8.42 Å². The van der Waals surface area contributed by atoms with Crippen molar-refractivity contribution in [3.05, 3.63) is 28.2 Å². The average molecular weight is 363 g/mol. The number of hydrogen-bond acceptors (Lipinski definition) is 3. The Balaban J connectivity index is 3.28. The van der Waals surface area contributed by atoms with E-state index in [-0.39, 0.29) is 6.04 Å². The maximum Gasteiger partial charge on any atom is 0.244 e. The summed E-state index contributed by atoms with van der Waals surface area (Å²) in [5.41, 5.74) is 0.953. The molecule has 0 radical (unpaired) electrons. The molecule has 0 atom stereocenters. The Labute approximate surface area is 130 Å². The van der Waals surface area contributed by atoms with Gasteiger partial charge in [0.25, 0.3) is 0 Å². The summed E-state index contributed by atoms with van der Waals surface area (Å²) < 4.78 is 27.8. The summed E-state index contributed by atoms with van der Waals surface area (Å²) in [5.74, 6) is 0. The van der Waals surface area contributed by atoms with Crippen LogP contribution in [0.1, 0.15) is 32.8 Å². The molecule has 0 fully saturated rings. The van der Waals surface area contributed by atoms with E-state index in [2.05, 4.69) is 21.2 Å². The van der Waals surface area contributed by atoms with Crippen molar-refractivity contribution >= 4 is 26.0 Å². The zero-order valence-corrected chi connectivity index (χ0v) is 14.9. The van der Waals surface area contributed by atoms with Crippen molar-refractivity contribution in [2.75, 3.05) is 13.6 Å². The molecule has 0 aromatic heterocycles. The lowest BCUT2D eigenvalue weighted by Crippen LogP contribution is -2.37. The molecule has 1 aromatic rings. The number of nitrogens with one attached hydrogen (secondary N) is 1. The Morgan fingerprint density at radius 2 is 2.00 bits per heavy atom. The molecule has 20 heavy (non-hydrogen) atoms. The molecule has 0 amide bonds. The van der Waals surface area contributed by atoms with Gasteiger partial charge in [-0.05, 0) is 60.9 Å². The van der Waals surface area contributed by atoms with Crippen LogP contribution < -0.4 is 5.32 Å². The van der Waals surface area contributed by atoms with Gasteiger partial charge in [0.05, 0.1) is 4.90 Å². The van der Waals surface area contributed by atoms with E-state index in [9.17, 15) is 8.42 Å². The number of hydrogen-bond donors (Lipinski definition) is 1. The zero-order chi connectivity index (χ0) is 15.3. The Hall–Kier alpha value is -0.430. The van der Waals surface area contributed by atoms with Crippen LogP contribution in [0.4, 0.5) is 0 Å². The molecule has 0 aliphatic heterocycles. The fourth-order valence-electron chi connectivity index (χ4n) is 2.06. The summed E-state index contributed by atoms with van der Waals surface area (Å²) in [6.45, 7) is 6.96. The highest BCUT2D eigenvalue weighted by molar-refractivity contribution is 9.10. The summed E-state index contributed by atoms with van der Waals surface area (Å²) >= 11 is 3.36. The van der Waals surface area contributed by atoms with Crippen LogP contribution in [0.5, 0.6) is 0 Å². The predicted octanol–water partition coefficient (Wildman–Crippen LogP) is 2.98. The van der Waals surface area contributed by atoms with Crippen LogP contribution >= 0.6 is 15.9 Å². The number of halogens is 1. The third-order valence-electron chi connectivity index (χ3n) is 2.98. The molecule has 0 saturated carbocycles. The first-order valence-corrected chi connectivity index (χ1v) is 9.02. The Morgan fingerprint density at radius 1 is 1.35 bits per heavy atom. The minimum atomic E-state index is -3.48. The molecule has 0 spiro atoms. The molecule has 0 unspecified atom stereocenters. The maximum atomic E-state index is 12.8. The van der Waals surface area contributed by atoms with Crippen molar-refractivity contribution in [1.29, 1.82) is 0 Å². The molecule has 0 saturated heterocycles. The number of sulfonamides is 1. The Bertz CT molecular complexity index is 544. The highest BCUT2D eigenvalue weighted by atomic mass is 79.9. The topological polar surface area (TPSA) is 49.4 Å². The second-order valence-corrected chi connectivity index (χ2v) is 7.72. The van der Waals surface area contributed by atoms with Crippen LogP contribution in [0, 0.1) is 0 Å². The van der Waals surface area contributed by atoms with Gasteiger partial charge in [0.15, 0.2) is 0 Å². The molecule has 0 bridgehead atoms. The van der Waals surface area contributed by atoms with Crippen LogP contribution in [-0.4, -0.2) is 32.4 Å². The van der Waals surface area contributed by atoms with Gasteiger partial charge in [-0.15, -0.1) is 0 Å². The second-order valence-electron chi connectivity index (χ2n) is 5.00. The first-order chi connectivity index (χ1) is 9.34. The highest BCUT2D eigenvalue weighted by Crippen LogP contribution is 2.27. The van der Waals surface area contributed by atoms with Crippen molar-refractivity contribution in [1.82, 2.24) is 9.62 Å². The SMILES string of the molecule is CCCN(C(C)C)S(=O)(=O)c1cc(CNC)ccc1Br. The van der Waals surface area contributed by atoms with Crippen LogP contribution in [0.2, 0.25) is 0 Å². The van der Waals surface area contributed by atoms with Crippen LogP contribution in [0.15, 0.2) is 27.6 Å². The minimum absolute atomic E-state index is 0.0557. The Kier molecular flexibility index (Phi) is 6.64. The molecule has 4 nitrogen and oxygen atoms in total. The first kappa shape index (κ1) is 17.6. The summed E-state index contributed by atoms with van der Waals surface area (Å²) in [6.07, 6.45) is 0.797. The van der Waals surface area contributed by atoms with Crippen molar-refractivity contribution in [2.24, 2.45) is 0 Å². The third kappa shape index (κ3) is 4.04. The lowest BCUT2D eigenvalue weighted by molar-refractivity contribution is 0.354. The van der Waals surface area contributed by atoms with Crippen LogP contribution in [0.3, 0.4) is 0 Å². The van der Waals surface area contributed by atoms with Crippen molar-refractivity contribution < 1.29 is 8.42 Å². The number of rotatable bonds is 7. The van der Waals surface area contributed by atoms with Crippen LogP contribution in [-0.2, 0) is 16.6 Å². The molecule has 0 aliphatic rings. The van der Waals surface area contributed by atoms with E-state index in [1.807, 2.05) is 33.9 Å². The van der Waals surface area contributed by atoms with E-state index in [4.69, 9.17) is 0 Å². The van der Waals surface area contributed by atoms with Crippen LogP contribution in [0.25, 0.3) is 0 Å². The largest absolute Gasteiger partial charge is 0.316 e. The smallest absolute Gasteiger partial charge is 0.244 e. The molecular formula is C14H23BrN2O2S.